The Bertz CT molecular complexity index is 1210. The van der Waals surface area contributed by atoms with E-state index in [4.69, 9.17) is 20.2 Å². The van der Waals surface area contributed by atoms with E-state index in [2.05, 4.69) is 73.9 Å². The molecule has 48 heavy (non-hydrogen) atoms. The van der Waals surface area contributed by atoms with Crippen LogP contribution in [-0.4, -0.2) is 87.5 Å². The summed E-state index contributed by atoms with van der Waals surface area (Å²) in [5.74, 6) is 3.18. The number of aliphatic imine (C=N–C) groups is 1. The van der Waals surface area contributed by atoms with Crippen molar-refractivity contribution in [2.75, 3.05) is 70.8 Å². The summed E-state index contributed by atoms with van der Waals surface area (Å²) >= 11 is 0. The zero-order chi connectivity index (χ0) is 34.8. The molecule has 0 spiro atoms. The summed E-state index contributed by atoms with van der Waals surface area (Å²) in [5.41, 5.74) is 8.66. The van der Waals surface area contributed by atoms with Gasteiger partial charge in [0, 0.05) is 62.8 Å². The molecule has 3 atom stereocenters. The highest BCUT2D eigenvalue weighted by Gasteiger charge is 2.50. The van der Waals surface area contributed by atoms with E-state index in [1.807, 2.05) is 25.2 Å². The predicted molar refractivity (Wildman–Crippen MR) is 206 cm³/mol. The Balaban J connectivity index is 1.22. The number of anilines is 2. The number of benzene rings is 1. The predicted octanol–water partition coefficient (Wildman–Crippen LogP) is 8.34. The van der Waals surface area contributed by atoms with Crippen molar-refractivity contribution in [3.8, 4) is 0 Å². The van der Waals surface area contributed by atoms with Crippen molar-refractivity contribution in [2.45, 2.75) is 123 Å². The minimum atomic E-state index is 0.371. The van der Waals surface area contributed by atoms with Crippen LogP contribution >= 0.6 is 0 Å². The first kappa shape index (κ1) is 40.2. The first-order chi connectivity index (χ1) is 23.3. The smallest absolute Gasteiger partial charge is 0.126 e. The lowest BCUT2D eigenvalue weighted by Gasteiger charge is -2.58. The largest absolute Gasteiger partial charge is 0.384 e. The second-order valence-corrected chi connectivity index (χ2v) is 14.4. The van der Waals surface area contributed by atoms with Crippen LogP contribution in [0.5, 0.6) is 0 Å². The van der Waals surface area contributed by atoms with E-state index in [1.54, 1.807) is 0 Å². The molecule has 2 heterocycles. The van der Waals surface area contributed by atoms with Gasteiger partial charge in [-0.05, 0) is 76.4 Å². The van der Waals surface area contributed by atoms with E-state index in [9.17, 15) is 0 Å². The Morgan fingerprint density at radius 2 is 1.62 bits per heavy atom. The molecular weight excluding hydrogens is 596 g/mol. The third-order valence-corrected chi connectivity index (χ3v) is 10.7. The summed E-state index contributed by atoms with van der Waals surface area (Å²) in [7, 11) is 4.12. The number of nitrogens with two attached hydrogens (primary N) is 1. The van der Waals surface area contributed by atoms with Gasteiger partial charge in [0.15, 0.2) is 0 Å². The molecule has 2 aromatic rings. The number of rotatable bonds is 25. The summed E-state index contributed by atoms with van der Waals surface area (Å²) in [4.78, 5) is 14.1. The molecule has 1 aliphatic rings. The fraction of sp³-hybridized carbons (Fsp3) is 0.750. The van der Waals surface area contributed by atoms with Gasteiger partial charge in [0.1, 0.15) is 11.7 Å². The molecule has 3 N–H and O–H groups in total. The number of hydrogen-bond donors (Lipinski definition) is 2. The summed E-state index contributed by atoms with van der Waals surface area (Å²) in [6, 6.07) is 11.0. The maximum atomic E-state index is 6.25. The SMILES string of the molecule is CCCCC(=NC)N(CCCCN(C)CCCOCCOCCCCCCC1NC(CC)(C(C)C)C1C)c1cc(N)nc2ccccc12. The zero-order valence-corrected chi connectivity index (χ0v) is 31.7. The van der Waals surface area contributed by atoms with Gasteiger partial charge in [0.05, 0.1) is 24.4 Å². The van der Waals surface area contributed by atoms with Crippen LogP contribution in [0.2, 0.25) is 0 Å². The van der Waals surface area contributed by atoms with Gasteiger partial charge >= 0.3 is 0 Å². The average Bonchev–Trinajstić information content (AvgIpc) is 3.08. The van der Waals surface area contributed by atoms with Crippen LogP contribution in [0.1, 0.15) is 112 Å². The van der Waals surface area contributed by atoms with Crippen molar-refractivity contribution >= 4 is 28.2 Å². The van der Waals surface area contributed by atoms with Crippen molar-refractivity contribution in [3.63, 3.8) is 0 Å². The van der Waals surface area contributed by atoms with Gasteiger partial charge in [-0.25, -0.2) is 4.98 Å². The van der Waals surface area contributed by atoms with Crippen LogP contribution in [0.4, 0.5) is 11.5 Å². The van der Waals surface area contributed by atoms with Crippen molar-refractivity contribution in [1.82, 2.24) is 15.2 Å². The zero-order valence-electron chi connectivity index (χ0n) is 31.7. The monoisotopic (exact) mass is 667 g/mol. The van der Waals surface area contributed by atoms with Crippen molar-refractivity contribution in [1.29, 1.82) is 0 Å². The van der Waals surface area contributed by atoms with Crippen LogP contribution < -0.4 is 16.0 Å². The number of nitrogens with zero attached hydrogens (tertiary/aromatic N) is 4. The number of aromatic nitrogens is 1. The highest BCUT2D eigenvalue weighted by Crippen LogP contribution is 2.42. The van der Waals surface area contributed by atoms with Gasteiger partial charge in [0.25, 0.3) is 0 Å². The molecule has 272 valence electrons. The minimum Gasteiger partial charge on any atom is -0.384 e. The Labute approximate surface area is 293 Å². The lowest BCUT2D eigenvalue weighted by atomic mass is 9.63. The number of fused-ring (bicyclic) bond motifs is 1. The molecular formula is C40H70N6O2. The van der Waals surface area contributed by atoms with E-state index in [1.165, 1.54) is 32.1 Å². The van der Waals surface area contributed by atoms with E-state index in [-0.39, 0.29) is 0 Å². The number of pyridine rings is 1. The quantitative estimate of drug-likeness (QED) is 0.0626. The summed E-state index contributed by atoms with van der Waals surface area (Å²) in [6.45, 7) is 17.8. The highest BCUT2D eigenvalue weighted by atomic mass is 16.5. The Morgan fingerprint density at radius 1 is 0.938 bits per heavy atom. The van der Waals surface area contributed by atoms with Gasteiger partial charge in [-0.1, -0.05) is 78.5 Å². The fourth-order valence-corrected chi connectivity index (χ4v) is 7.65. The molecule has 8 nitrogen and oxygen atoms in total. The maximum absolute atomic E-state index is 6.25. The topological polar surface area (TPSA) is 88.2 Å². The molecule has 1 saturated heterocycles. The van der Waals surface area contributed by atoms with Gasteiger partial charge in [-0.3, -0.25) is 4.99 Å². The number of para-hydroxylation sites is 1. The molecule has 3 unspecified atom stereocenters. The standard InChI is InChI=1S/C40H70N6O2/c1-8-10-23-39(42-6)46(37-31-38(41)43-36-22-15-14-20-34(36)37)26-17-16-24-45(7)25-19-28-48-30-29-47-27-18-12-11-13-21-35-33(5)40(9-2,44-35)32(3)4/h14-15,20,22,31-33,35,44H,8-13,16-19,21,23-30H2,1-7H3,(H2,41,43). The normalized spacial score (nSPS) is 19.8. The average molecular weight is 667 g/mol. The van der Waals surface area contributed by atoms with Gasteiger partial charge < -0.3 is 30.3 Å². The molecule has 0 bridgehead atoms. The molecule has 1 fully saturated rings. The molecule has 0 amide bonds. The number of ether oxygens (including phenoxy) is 2. The van der Waals surface area contributed by atoms with E-state index < -0.39 is 0 Å². The lowest BCUT2D eigenvalue weighted by molar-refractivity contribution is -0.00268. The van der Waals surface area contributed by atoms with Gasteiger partial charge in [0.2, 0.25) is 0 Å². The van der Waals surface area contributed by atoms with Crippen molar-refractivity contribution < 1.29 is 9.47 Å². The number of nitrogens with one attached hydrogen (secondary N) is 1. The molecule has 0 aliphatic carbocycles. The molecule has 0 saturated carbocycles. The second kappa shape index (κ2) is 21.7. The highest BCUT2D eigenvalue weighted by molar-refractivity contribution is 6.05. The van der Waals surface area contributed by atoms with Crippen molar-refractivity contribution in [2.24, 2.45) is 16.8 Å². The molecule has 1 aliphatic heterocycles. The van der Waals surface area contributed by atoms with Crippen LogP contribution in [-0.2, 0) is 9.47 Å². The first-order valence-electron chi connectivity index (χ1n) is 19.3. The lowest BCUT2D eigenvalue weighted by Crippen LogP contribution is -2.72. The Kier molecular flexibility index (Phi) is 18.2. The Morgan fingerprint density at radius 3 is 2.31 bits per heavy atom. The molecule has 1 aromatic carbocycles. The summed E-state index contributed by atoms with van der Waals surface area (Å²) in [6.07, 6.45) is 14.1. The molecule has 3 rings (SSSR count). The van der Waals surface area contributed by atoms with Crippen molar-refractivity contribution in [3.05, 3.63) is 30.3 Å². The number of amidine groups is 1. The third kappa shape index (κ3) is 12.0. The van der Waals surface area contributed by atoms with Crippen LogP contribution in [0, 0.1) is 11.8 Å². The summed E-state index contributed by atoms with van der Waals surface area (Å²) in [5, 5.41) is 5.05. The molecule has 8 heteroatoms. The summed E-state index contributed by atoms with van der Waals surface area (Å²) < 4.78 is 11.7. The third-order valence-electron chi connectivity index (χ3n) is 10.7. The van der Waals surface area contributed by atoms with Gasteiger partial charge in [-0.15, -0.1) is 0 Å². The number of nitrogen functional groups attached to an aromatic ring is 1. The molecule has 0 radical (unpaired) electrons. The molecule has 1 aromatic heterocycles. The van der Waals surface area contributed by atoms with Crippen LogP contribution in [0.15, 0.2) is 35.3 Å². The van der Waals surface area contributed by atoms with E-state index in [0.29, 0.717) is 36.5 Å². The van der Waals surface area contributed by atoms with Crippen LogP contribution in [0.25, 0.3) is 10.9 Å². The number of unbranched alkanes of at least 4 members (excludes halogenated alkanes) is 5. The first-order valence-corrected chi connectivity index (χ1v) is 19.3. The second-order valence-electron chi connectivity index (χ2n) is 14.4. The maximum Gasteiger partial charge on any atom is 0.126 e. The number of hydrogen-bond acceptors (Lipinski definition) is 7. The van der Waals surface area contributed by atoms with Crippen LogP contribution in [0.3, 0.4) is 0 Å². The van der Waals surface area contributed by atoms with Gasteiger partial charge in [-0.2, -0.15) is 0 Å². The Hall–Kier alpha value is -2.26. The van der Waals surface area contributed by atoms with E-state index in [0.717, 1.165) is 106 Å². The fourth-order valence-electron chi connectivity index (χ4n) is 7.65. The van der Waals surface area contributed by atoms with E-state index >= 15 is 0 Å². The minimum absolute atomic E-state index is 0.371.